The van der Waals surface area contributed by atoms with Crippen LogP contribution in [0.3, 0.4) is 0 Å². The number of ether oxygens (including phenoxy) is 1. The molecule has 1 fully saturated rings. The zero-order chi connectivity index (χ0) is 14.6. The second-order valence-corrected chi connectivity index (χ2v) is 6.19. The molecule has 2 N–H and O–H groups in total. The Labute approximate surface area is 121 Å². The van der Waals surface area contributed by atoms with Crippen molar-refractivity contribution in [2.24, 2.45) is 5.92 Å². The van der Waals surface area contributed by atoms with E-state index in [1.807, 2.05) is 18.2 Å². The first kappa shape index (κ1) is 15.4. The lowest BCUT2D eigenvalue weighted by atomic mass is 9.96. The second-order valence-electron chi connectivity index (χ2n) is 6.19. The Balaban J connectivity index is 1.88. The molecule has 0 radical (unpaired) electrons. The highest BCUT2D eigenvalue weighted by Crippen LogP contribution is 2.21. The van der Waals surface area contributed by atoms with Crippen LogP contribution in [0.5, 0.6) is 0 Å². The van der Waals surface area contributed by atoms with E-state index in [2.05, 4.69) is 17.0 Å². The average molecular weight is 279 g/mol. The van der Waals surface area contributed by atoms with Crippen LogP contribution in [0.1, 0.15) is 25.8 Å². The summed E-state index contributed by atoms with van der Waals surface area (Å²) in [4.78, 5) is 2.25. The predicted molar refractivity (Wildman–Crippen MR) is 78.1 cm³/mol. The summed E-state index contributed by atoms with van der Waals surface area (Å²) < 4.78 is 5.43. The number of aliphatic hydroxyl groups is 2. The number of hydrogen-bond donors (Lipinski definition) is 2. The van der Waals surface area contributed by atoms with Crippen LogP contribution in [-0.2, 0) is 11.3 Å². The van der Waals surface area contributed by atoms with E-state index in [1.165, 1.54) is 5.56 Å². The minimum Gasteiger partial charge on any atom is -0.392 e. The van der Waals surface area contributed by atoms with Crippen LogP contribution in [0.2, 0.25) is 0 Å². The molecule has 4 heteroatoms. The Morgan fingerprint density at radius 1 is 1.25 bits per heavy atom. The van der Waals surface area contributed by atoms with Gasteiger partial charge in [0, 0.05) is 19.6 Å². The molecule has 0 saturated carbocycles. The minimum absolute atomic E-state index is 0.258. The molecule has 1 aromatic carbocycles. The smallest absolute Gasteiger partial charge is 0.159 e. The summed E-state index contributed by atoms with van der Waals surface area (Å²) in [6, 6.07) is 10.3. The molecule has 0 amide bonds. The fraction of sp³-hybridized carbons (Fsp3) is 0.625. The highest BCUT2D eigenvalue weighted by molar-refractivity contribution is 5.14. The molecule has 1 aliphatic heterocycles. The van der Waals surface area contributed by atoms with Crippen molar-refractivity contribution in [1.29, 1.82) is 0 Å². The molecule has 1 aliphatic rings. The van der Waals surface area contributed by atoms with Crippen molar-refractivity contribution < 1.29 is 14.9 Å². The van der Waals surface area contributed by atoms with Gasteiger partial charge in [0.05, 0.1) is 12.7 Å². The summed E-state index contributed by atoms with van der Waals surface area (Å²) >= 11 is 0. The lowest BCUT2D eigenvalue weighted by molar-refractivity contribution is -0.188. The Morgan fingerprint density at radius 3 is 2.60 bits per heavy atom. The molecule has 0 aliphatic carbocycles. The van der Waals surface area contributed by atoms with E-state index in [0.717, 1.165) is 19.5 Å². The normalized spacial score (nSPS) is 24.8. The lowest BCUT2D eigenvalue weighted by Crippen LogP contribution is -2.44. The fourth-order valence-electron chi connectivity index (χ4n) is 2.68. The van der Waals surface area contributed by atoms with E-state index in [4.69, 9.17) is 4.74 Å². The van der Waals surface area contributed by atoms with E-state index >= 15 is 0 Å². The van der Waals surface area contributed by atoms with Gasteiger partial charge in [0.25, 0.3) is 0 Å². The van der Waals surface area contributed by atoms with Gasteiger partial charge in [-0.2, -0.15) is 0 Å². The maximum absolute atomic E-state index is 10.00. The molecular weight excluding hydrogens is 254 g/mol. The topological polar surface area (TPSA) is 52.9 Å². The molecule has 4 nitrogen and oxygen atoms in total. The first-order chi connectivity index (χ1) is 9.42. The van der Waals surface area contributed by atoms with Crippen molar-refractivity contribution >= 4 is 0 Å². The molecule has 1 saturated heterocycles. The van der Waals surface area contributed by atoms with Crippen LogP contribution in [0.4, 0.5) is 0 Å². The van der Waals surface area contributed by atoms with Gasteiger partial charge in [0.1, 0.15) is 0 Å². The summed E-state index contributed by atoms with van der Waals surface area (Å²) in [5.74, 6) is -0.846. The standard InChI is InChI=1S/C16H25NO3/c1-16(2,19)20-12-14-8-15(18)11-17(10-14)9-13-6-4-3-5-7-13/h3-7,14-15,18-19H,8-12H2,1-2H3/t14-,15+/m1/s1. The number of rotatable bonds is 5. The van der Waals surface area contributed by atoms with Gasteiger partial charge >= 0.3 is 0 Å². The zero-order valence-electron chi connectivity index (χ0n) is 12.3. The number of β-amino-alcohol motifs (C(OH)–C–C–N with tert-alkyl or cyclic N) is 1. The second kappa shape index (κ2) is 6.68. The molecular formula is C16H25NO3. The van der Waals surface area contributed by atoms with Gasteiger partial charge in [0.15, 0.2) is 5.79 Å². The summed E-state index contributed by atoms with van der Waals surface area (Å²) in [6.07, 6.45) is 0.421. The van der Waals surface area contributed by atoms with Gasteiger partial charge in [-0.25, -0.2) is 0 Å². The van der Waals surface area contributed by atoms with Crippen molar-refractivity contribution in [2.45, 2.75) is 38.7 Å². The molecule has 0 unspecified atom stereocenters. The van der Waals surface area contributed by atoms with Gasteiger partial charge in [-0.1, -0.05) is 30.3 Å². The first-order valence-corrected chi connectivity index (χ1v) is 7.23. The Hall–Kier alpha value is -0.940. The van der Waals surface area contributed by atoms with Crippen LogP contribution in [-0.4, -0.2) is 46.7 Å². The van der Waals surface area contributed by atoms with E-state index in [-0.39, 0.29) is 12.0 Å². The van der Waals surface area contributed by atoms with E-state index in [1.54, 1.807) is 13.8 Å². The molecule has 0 bridgehead atoms. The van der Waals surface area contributed by atoms with Gasteiger partial charge in [-0.3, -0.25) is 4.90 Å². The largest absolute Gasteiger partial charge is 0.392 e. The first-order valence-electron chi connectivity index (χ1n) is 7.23. The highest BCUT2D eigenvalue weighted by atomic mass is 16.6. The molecule has 1 heterocycles. The number of likely N-dealkylation sites (tertiary alicyclic amines) is 1. The quantitative estimate of drug-likeness (QED) is 0.804. The molecule has 20 heavy (non-hydrogen) atoms. The van der Waals surface area contributed by atoms with Gasteiger partial charge in [-0.05, 0) is 31.7 Å². The molecule has 1 aromatic rings. The molecule has 2 rings (SSSR count). The van der Waals surface area contributed by atoms with Crippen molar-refractivity contribution in [2.75, 3.05) is 19.7 Å². The van der Waals surface area contributed by atoms with Crippen LogP contribution < -0.4 is 0 Å². The maximum atomic E-state index is 10.00. The lowest BCUT2D eigenvalue weighted by Gasteiger charge is -2.36. The van der Waals surface area contributed by atoms with Crippen LogP contribution in [0.15, 0.2) is 30.3 Å². The Bertz CT molecular complexity index is 402. The number of aliphatic hydroxyl groups excluding tert-OH is 1. The third kappa shape index (κ3) is 5.21. The zero-order valence-corrected chi connectivity index (χ0v) is 12.3. The summed E-state index contributed by atoms with van der Waals surface area (Å²) in [6.45, 7) is 6.18. The van der Waals surface area contributed by atoms with Crippen LogP contribution in [0, 0.1) is 5.92 Å². The van der Waals surface area contributed by atoms with Crippen LogP contribution in [0.25, 0.3) is 0 Å². The van der Waals surface area contributed by atoms with E-state index < -0.39 is 5.79 Å². The third-order valence-electron chi connectivity index (χ3n) is 3.51. The van der Waals surface area contributed by atoms with Crippen molar-refractivity contribution in [1.82, 2.24) is 4.90 Å². The Morgan fingerprint density at radius 2 is 1.95 bits per heavy atom. The average Bonchev–Trinajstić information content (AvgIpc) is 2.36. The number of benzene rings is 1. The fourth-order valence-corrected chi connectivity index (χ4v) is 2.68. The van der Waals surface area contributed by atoms with E-state index in [9.17, 15) is 10.2 Å². The summed E-state index contributed by atoms with van der Waals surface area (Å²) in [7, 11) is 0. The van der Waals surface area contributed by atoms with Gasteiger partial charge < -0.3 is 14.9 Å². The molecule has 112 valence electrons. The number of hydrogen-bond acceptors (Lipinski definition) is 4. The number of nitrogens with zero attached hydrogens (tertiary/aromatic N) is 1. The summed E-state index contributed by atoms with van der Waals surface area (Å²) in [5, 5.41) is 19.6. The van der Waals surface area contributed by atoms with Gasteiger partial charge in [-0.15, -0.1) is 0 Å². The van der Waals surface area contributed by atoms with Crippen LogP contribution >= 0.6 is 0 Å². The molecule has 0 spiro atoms. The SMILES string of the molecule is CC(C)(O)OC[C@@H]1C[C@H](O)CN(Cc2ccccc2)C1. The monoisotopic (exact) mass is 279 g/mol. The summed E-state index contributed by atoms with van der Waals surface area (Å²) in [5.41, 5.74) is 1.25. The van der Waals surface area contributed by atoms with Crippen molar-refractivity contribution in [3.8, 4) is 0 Å². The third-order valence-corrected chi connectivity index (χ3v) is 3.51. The number of piperidine rings is 1. The van der Waals surface area contributed by atoms with Crippen molar-refractivity contribution in [3.05, 3.63) is 35.9 Å². The maximum Gasteiger partial charge on any atom is 0.159 e. The van der Waals surface area contributed by atoms with Gasteiger partial charge in [0.2, 0.25) is 0 Å². The highest BCUT2D eigenvalue weighted by Gasteiger charge is 2.27. The Kier molecular flexibility index (Phi) is 5.16. The van der Waals surface area contributed by atoms with E-state index in [0.29, 0.717) is 13.2 Å². The minimum atomic E-state index is -1.10. The predicted octanol–water partition coefficient (Wildman–Crippen LogP) is 1.61. The van der Waals surface area contributed by atoms with Crippen molar-refractivity contribution in [3.63, 3.8) is 0 Å². The molecule has 0 aromatic heterocycles. The molecule has 2 atom stereocenters.